The van der Waals surface area contributed by atoms with Crippen LogP contribution in [-0.2, 0) is 0 Å². The molecule has 0 heterocycles. The molecule has 0 fully saturated rings. The van der Waals surface area contributed by atoms with Gasteiger partial charge in [0.1, 0.15) is 17.1 Å². The van der Waals surface area contributed by atoms with Crippen molar-refractivity contribution in [3.05, 3.63) is 82.8 Å². The van der Waals surface area contributed by atoms with E-state index in [1.54, 1.807) is 30.3 Å². The number of carbonyl (C=O) groups is 1. The molecule has 0 N–H and O–H groups in total. The minimum absolute atomic E-state index is 0.388. The molecule has 0 aliphatic carbocycles. The number of halogens is 1. The fourth-order valence-corrected chi connectivity index (χ4v) is 2.82. The van der Waals surface area contributed by atoms with Crippen molar-refractivity contribution in [2.24, 2.45) is 0 Å². The fourth-order valence-electron chi connectivity index (χ4n) is 2.36. The van der Waals surface area contributed by atoms with E-state index >= 15 is 0 Å². The van der Waals surface area contributed by atoms with Gasteiger partial charge in [0, 0.05) is 0 Å². The van der Waals surface area contributed by atoms with Gasteiger partial charge in [0.15, 0.2) is 0 Å². The van der Waals surface area contributed by atoms with E-state index in [2.05, 4.69) is 15.9 Å². The molecule has 24 heavy (non-hydrogen) atoms. The molecule has 0 aliphatic heterocycles. The Morgan fingerprint density at radius 3 is 2.25 bits per heavy atom. The van der Waals surface area contributed by atoms with Crippen LogP contribution in [-0.4, -0.2) is 13.1 Å². The Labute approximate surface area is 149 Å². The number of hydrogen-bond donors (Lipinski definition) is 0. The first-order valence-corrected chi connectivity index (χ1v) is 8.18. The van der Waals surface area contributed by atoms with Crippen molar-refractivity contribution in [2.75, 3.05) is 7.11 Å². The fraction of sp³-hybridized carbons (Fsp3) is 0.0500. The maximum Gasteiger partial charge on any atom is 0.347 e. The first kappa shape index (κ1) is 16.3. The van der Waals surface area contributed by atoms with Gasteiger partial charge in [0.2, 0.25) is 0 Å². The van der Waals surface area contributed by atoms with Crippen LogP contribution in [0.1, 0.15) is 10.4 Å². The average Bonchev–Trinajstić information content (AvgIpc) is 2.64. The Morgan fingerprint density at radius 2 is 1.54 bits per heavy atom. The van der Waals surface area contributed by atoms with Crippen LogP contribution in [0.2, 0.25) is 0 Å². The molecule has 0 amide bonds. The summed E-state index contributed by atoms with van der Waals surface area (Å²) in [5.41, 5.74) is 2.53. The highest BCUT2D eigenvalue weighted by Crippen LogP contribution is 2.31. The number of methoxy groups -OCH3 is 1. The molecule has 0 spiro atoms. The molecule has 0 unspecified atom stereocenters. The summed E-state index contributed by atoms with van der Waals surface area (Å²) in [6, 6.07) is 22.6. The van der Waals surface area contributed by atoms with Crippen LogP contribution in [0.25, 0.3) is 11.1 Å². The number of benzene rings is 3. The van der Waals surface area contributed by atoms with Crippen LogP contribution < -0.4 is 9.47 Å². The monoisotopic (exact) mass is 382 g/mol. The van der Waals surface area contributed by atoms with E-state index in [0.717, 1.165) is 11.1 Å². The maximum atomic E-state index is 12.4. The molecule has 0 saturated heterocycles. The average molecular weight is 383 g/mol. The lowest BCUT2D eigenvalue weighted by atomic mass is 10.1. The summed E-state index contributed by atoms with van der Waals surface area (Å²) in [5.74, 6) is 0.491. The van der Waals surface area contributed by atoms with Crippen molar-refractivity contribution in [1.82, 2.24) is 0 Å². The topological polar surface area (TPSA) is 35.5 Å². The molecule has 0 aliphatic rings. The molecular weight excluding hydrogens is 368 g/mol. The van der Waals surface area contributed by atoms with Gasteiger partial charge in [0.05, 0.1) is 11.6 Å². The lowest BCUT2D eigenvalue weighted by Gasteiger charge is -2.10. The Bertz CT molecular complexity index is 860. The van der Waals surface area contributed by atoms with Crippen LogP contribution in [0.15, 0.2) is 77.3 Å². The summed E-state index contributed by atoms with van der Waals surface area (Å²) in [6.45, 7) is 0. The molecule has 0 atom stereocenters. The third kappa shape index (κ3) is 3.49. The van der Waals surface area contributed by atoms with Crippen molar-refractivity contribution in [3.8, 4) is 22.6 Å². The number of rotatable bonds is 4. The number of esters is 1. The van der Waals surface area contributed by atoms with Gasteiger partial charge in [0.25, 0.3) is 0 Å². The minimum Gasteiger partial charge on any atom is -0.496 e. The third-order valence-corrected chi connectivity index (χ3v) is 4.19. The van der Waals surface area contributed by atoms with Gasteiger partial charge in [-0.05, 0) is 51.3 Å². The van der Waals surface area contributed by atoms with E-state index in [0.29, 0.717) is 21.5 Å². The Morgan fingerprint density at radius 1 is 0.833 bits per heavy atom. The number of hydrogen-bond acceptors (Lipinski definition) is 3. The quantitative estimate of drug-likeness (QED) is 0.451. The van der Waals surface area contributed by atoms with E-state index in [-0.39, 0.29) is 0 Å². The predicted octanol–water partition coefficient (Wildman–Crippen LogP) is 5.34. The van der Waals surface area contributed by atoms with Gasteiger partial charge in [-0.3, -0.25) is 0 Å². The molecule has 3 rings (SSSR count). The second-order valence-electron chi connectivity index (χ2n) is 5.10. The molecule has 4 heteroatoms. The zero-order valence-corrected chi connectivity index (χ0v) is 14.6. The van der Waals surface area contributed by atoms with Crippen LogP contribution in [0.5, 0.6) is 11.5 Å². The van der Waals surface area contributed by atoms with Gasteiger partial charge in [-0.1, -0.05) is 48.5 Å². The first-order chi connectivity index (χ1) is 11.7. The molecular formula is C20H15BrO3. The summed E-state index contributed by atoms with van der Waals surface area (Å²) in [5, 5.41) is 0. The van der Waals surface area contributed by atoms with E-state index in [1.807, 2.05) is 42.5 Å². The van der Waals surface area contributed by atoms with Gasteiger partial charge in [-0.15, -0.1) is 0 Å². The Balaban J connectivity index is 1.84. The zero-order chi connectivity index (χ0) is 16.9. The molecule has 0 saturated carbocycles. The predicted molar refractivity (Wildman–Crippen MR) is 97.5 cm³/mol. The highest BCUT2D eigenvalue weighted by molar-refractivity contribution is 9.10. The molecule has 3 aromatic carbocycles. The molecule has 0 bridgehead atoms. The maximum absolute atomic E-state index is 12.4. The summed E-state index contributed by atoms with van der Waals surface area (Å²) in [4.78, 5) is 12.4. The van der Waals surface area contributed by atoms with Gasteiger partial charge in [-0.25, -0.2) is 4.79 Å². The number of para-hydroxylation sites is 1. The number of ether oxygens (including phenoxy) is 2. The molecule has 0 aromatic heterocycles. The second-order valence-corrected chi connectivity index (χ2v) is 5.96. The highest BCUT2D eigenvalue weighted by Gasteiger charge is 2.15. The minimum atomic E-state index is -0.458. The molecule has 0 radical (unpaired) electrons. The highest BCUT2D eigenvalue weighted by atomic mass is 79.9. The standard InChI is InChI=1S/C20H15BrO3/c1-23-18-10-6-5-9-16(18)20(22)24-19-12-11-15(13-17(19)21)14-7-3-2-4-8-14/h2-13H,1H3. The van der Waals surface area contributed by atoms with E-state index in [1.165, 1.54) is 7.11 Å². The van der Waals surface area contributed by atoms with Crippen molar-refractivity contribution in [2.45, 2.75) is 0 Å². The number of carbonyl (C=O) groups excluding carboxylic acids is 1. The summed E-state index contributed by atoms with van der Waals surface area (Å²) >= 11 is 3.47. The van der Waals surface area contributed by atoms with Gasteiger partial charge >= 0.3 is 5.97 Å². The van der Waals surface area contributed by atoms with Crippen LogP contribution in [0.4, 0.5) is 0 Å². The Hall–Kier alpha value is -2.59. The second kappa shape index (κ2) is 7.32. The van der Waals surface area contributed by atoms with Crippen LogP contribution >= 0.6 is 15.9 Å². The van der Waals surface area contributed by atoms with Gasteiger partial charge in [-0.2, -0.15) is 0 Å². The summed E-state index contributed by atoms with van der Waals surface area (Å²) < 4.78 is 11.4. The van der Waals surface area contributed by atoms with Crippen molar-refractivity contribution in [3.63, 3.8) is 0 Å². The van der Waals surface area contributed by atoms with Crippen molar-refractivity contribution in [1.29, 1.82) is 0 Å². The van der Waals surface area contributed by atoms with E-state index in [4.69, 9.17) is 9.47 Å². The molecule has 3 nitrogen and oxygen atoms in total. The third-order valence-electron chi connectivity index (χ3n) is 3.57. The first-order valence-electron chi connectivity index (χ1n) is 7.39. The van der Waals surface area contributed by atoms with Crippen LogP contribution in [0, 0.1) is 0 Å². The molecule has 3 aromatic rings. The molecule has 120 valence electrons. The zero-order valence-electron chi connectivity index (χ0n) is 13.0. The van der Waals surface area contributed by atoms with E-state index in [9.17, 15) is 4.79 Å². The normalized spacial score (nSPS) is 10.2. The summed E-state index contributed by atoms with van der Waals surface area (Å²) in [7, 11) is 1.52. The van der Waals surface area contributed by atoms with Gasteiger partial charge < -0.3 is 9.47 Å². The summed E-state index contributed by atoms with van der Waals surface area (Å²) in [6.07, 6.45) is 0. The lowest BCUT2D eigenvalue weighted by molar-refractivity contribution is 0.0730. The largest absolute Gasteiger partial charge is 0.496 e. The van der Waals surface area contributed by atoms with Crippen molar-refractivity contribution >= 4 is 21.9 Å². The SMILES string of the molecule is COc1ccccc1C(=O)Oc1ccc(-c2ccccc2)cc1Br. The van der Waals surface area contributed by atoms with E-state index < -0.39 is 5.97 Å². The Kier molecular flexibility index (Phi) is 4.96. The van der Waals surface area contributed by atoms with Crippen molar-refractivity contribution < 1.29 is 14.3 Å². The smallest absolute Gasteiger partial charge is 0.347 e. The lowest BCUT2D eigenvalue weighted by Crippen LogP contribution is -2.10. The van der Waals surface area contributed by atoms with Crippen LogP contribution in [0.3, 0.4) is 0 Å².